The third-order valence-electron chi connectivity index (χ3n) is 2.81. The van der Waals surface area contributed by atoms with Crippen LogP contribution in [0.25, 0.3) is 0 Å². The average Bonchev–Trinajstić information content (AvgIpc) is 2.46. The molecule has 1 rings (SSSR count). The number of aromatic nitrogens is 1. The minimum atomic E-state index is -0.492. The number of halogens is 1. The van der Waals surface area contributed by atoms with Gasteiger partial charge in [-0.2, -0.15) is 0 Å². The van der Waals surface area contributed by atoms with E-state index >= 15 is 0 Å². The van der Waals surface area contributed by atoms with Crippen LogP contribution in [0, 0.1) is 0 Å². The third kappa shape index (κ3) is 5.21. The molecule has 1 heterocycles. The zero-order valence-electron chi connectivity index (χ0n) is 11.9. The Kier molecular flexibility index (Phi) is 7.09. The Morgan fingerprint density at radius 1 is 1.45 bits per heavy atom. The summed E-state index contributed by atoms with van der Waals surface area (Å²) < 4.78 is 10.0. The number of ether oxygens (including phenoxy) is 2. The number of carbonyl (C=O) groups excluding carboxylic acids is 1. The number of methoxy groups -OCH3 is 1. The van der Waals surface area contributed by atoms with E-state index in [9.17, 15) is 4.79 Å². The van der Waals surface area contributed by atoms with Crippen molar-refractivity contribution in [2.45, 2.75) is 32.6 Å². The lowest BCUT2D eigenvalue weighted by Crippen LogP contribution is -2.11. The van der Waals surface area contributed by atoms with Gasteiger partial charge in [-0.3, -0.25) is 0 Å². The summed E-state index contributed by atoms with van der Waals surface area (Å²) >= 11 is 5.97. The van der Waals surface area contributed by atoms with E-state index in [1.807, 2.05) is 6.07 Å². The van der Waals surface area contributed by atoms with Gasteiger partial charge in [0.2, 0.25) is 0 Å². The van der Waals surface area contributed by atoms with Crippen LogP contribution in [0.5, 0.6) is 5.75 Å². The summed E-state index contributed by atoms with van der Waals surface area (Å²) in [4.78, 5) is 15.3. The molecule has 0 saturated carbocycles. The van der Waals surface area contributed by atoms with Crippen molar-refractivity contribution in [1.29, 1.82) is 0 Å². The van der Waals surface area contributed by atoms with Gasteiger partial charge in [0.25, 0.3) is 0 Å². The third-order valence-corrected chi connectivity index (χ3v) is 3.09. The minimum absolute atomic E-state index is 0.0342. The zero-order chi connectivity index (χ0) is 15.0. The Bertz CT molecular complexity index is 474. The fourth-order valence-electron chi connectivity index (χ4n) is 1.65. The maximum absolute atomic E-state index is 11.2. The molecule has 0 fully saturated rings. The highest BCUT2D eigenvalue weighted by molar-refractivity contribution is 6.30. The van der Waals surface area contributed by atoms with E-state index in [0.29, 0.717) is 5.75 Å². The summed E-state index contributed by atoms with van der Waals surface area (Å²) in [5, 5.41) is 0.280. The molecule has 0 N–H and O–H groups in total. The number of hydrogen-bond donors (Lipinski definition) is 0. The van der Waals surface area contributed by atoms with E-state index in [0.717, 1.165) is 18.4 Å². The fraction of sp³-hybridized carbons (Fsp3) is 0.467. The molecule has 20 heavy (non-hydrogen) atoms. The molecule has 0 spiro atoms. The lowest BCUT2D eigenvalue weighted by atomic mass is 10.1. The molecular weight excluding hydrogens is 278 g/mol. The molecule has 4 nitrogen and oxygen atoms in total. The molecule has 0 aliphatic carbocycles. The van der Waals surface area contributed by atoms with Crippen molar-refractivity contribution in [3.63, 3.8) is 0 Å². The monoisotopic (exact) mass is 297 g/mol. The first-order chi connectivity index (χ1) is 9.58. The summed E-state index contributed by atoms with van der Waals surface area (Å²) in [5.74, 6) is -0.0288. The van der Waals surface area contributed by atoms with Gasteiger partial charge in [0.05, 0.1) is 12.7 Å². The molecule has 110 valence electrons. The van der Waals surface area contributed by atoms with E-state index < -0.39 is 5.97 Å². The molecule has 0 aliphatic rings. The van der Waals surface area contributed by atoms with Gasteiger partial charge in [-0.25, -0.2) is 9.78 Å². The Hall–Kier alpha value is -1.55. The van der Waals surface area contributed by atoms with Gasteiger partial charge in [0, 0.05) is 6.20 Å². The van der Waals surface area contributed by atoms with Crippen LogP contribution < -0.4 is 4.74 Å². The van der Waals surface area contributed by atoms with Crippen LogP contribution in [0.2, 0.25) is 5.15 Å². The highest BCUT2D eigenvalue weighted by Gasteiger charge is 2.10. The molecule has 1 aromatic heterocycles. The number of carbonyl (C=O) groups is 1. The molecule has 0 bridgehead atoms. The van der Waals surface area contributed by atoms with E-state index in [-0.39, 0.29) is 17.3 Å². The zero-order valence-corrected chi connectivity index (χ0v) is 12.7. The quantitative estimate of drug-likeness (QED) is 0.318. The lowest BCUT2D eigenvalue weighted by Gasteiger charge is -2.10. The number of rotatable bonds is 8. The maximum Gasteiger partial charge on any atom is 0.336 e. The number of aryl methyl sites for hydroxylation is 1. The first-order valence-corrected chi connectivity index (χ1v) is 6.99. The summed E-state index contributed by atoms with van der Waals surface area (Å²) in [6, 6.07) is 1.86. The predicted molar refractivity (Wildman–Crippen MR) is 79.1 cm³/mol. The fourth-order valence-corrected chi connectivity index (χ4v) is 1.81. The second kappa shape index (κ2) is 8.59. The Morgan fingerprint density at radius 2 is 2.20 bits per heavy atom. The summed E-state index contributed by atoms with van der Waals surface area (Å²) in [6.45, 7) is 5.78. The number of unbranched alkanes of at least 4 members (excludes halogenated alkanes) is 2. The normalized spacial score (nSPS) is 10.2. The van der Waals surface area contributed by atoms with Crippen molar-refractivity contribution in [1.82, 2.24) is 4.98 Å². The van der Waals surface area contributed by atoms with Gasteiger partial charge in [-0.15, -0.1) is 0 Å². The number of esters is 1. The standard InChI is InChI=1S/C15H20ClNO3/c1-4-5-6-7-12-8-13(14(16)17-9-12)20-10-11(2)15(18)19-3/h8-9H,2,4-7,10H2,1,3H3. The van der Waals surface area contributed by atoms with Gasteiger partial charge in [-0.05, 0) is 24.5 Å². The van der Waals surface area contributed by atoms with Crippen LogP contribution in [0.1, 0.15) is 31.7 Å². The highest BCUT2D eigenvalue weighted by Crippen LogP contribution is 2.24. The summed E-state index contributed by atoms with van der Waals surface area (Å²) in [6.07, 6.45) is 6.14. The predicted octanol–water partition coefficient (Wildman–Crippen LogP) is 3.58. The first-order valence-electron chi connectivity index (χ1n) is 6.61. The minimum Gasteiger partial charge on any atom is -0.485 e. The van der Waals surface area contributed by atoms with Crippen LogP contribution in [0.3, 0.4) is 0 Å². The molecule has 0 aliphatic heterocycles. The first kappa shape index (κ1) is 16.5. The van der Waals surface area contributed by atoms with Crippen molar-refractivity contribution in [3.8, 4) is 5.75 Å². The molecule has 0 atom stereocenters. The van der Waals surface area contributed by atoms with E-state index in [1.54, 1.807) is 6.20 Å². The summed E-state index contributed by atoms with van der Waals surface area (Å²) in [7, 11) is 1.30. The Morgan fingerprint density at radius 3 is 2.85 bits per heavy atom. The van der Waals surface area contributed by atoms with Crippen LogP contribution in [0.15, 0.2) is 24.4 Å². The smallest absolute Gasteiger partial charge is 0.336 e. The largest absolute Gasteiger partial charge is 0.485 e. The number of nitrogens with zero attached hydrogens (tertiary/aromatic N) is 1. The van der Waals surface area contributed by atoms with Crippen LogP contribution in [-0.4, -0.2) is 24.7 Å². The van der Waals surface area contributed by atoms with Crippen molar-refractivity contribution in [2.24, 2.45) is 0 Å². The van der Waals surface area contributed by atoms with Crippen LogP contribution in [-0.2, 0) is 16.0 Å². The molecule has 1 aromatic rings. The maximum atomic E-state index is 11.2. The Labute approximate surface area is 124 Å². The summed E-state index contributed by atoms with van der Waals surface area (Å²) in [5.41, 5.74) is 1.31. The van der Waals surface area contributed by atoms with E-state index in [2.05, 4.69) is 23.2 Å². The van der Waals surface area contributed by atoms with Crippen LogP contribution >= 0.6 is 11.6 Å². The van der Waals surface area contributed by atoms with Crippen molar-refractivity contribution < 1.29 is 14.3 Å². The van der Waals surface area contributed by atoms with Crippen molar-refractivity contribution in [2.75, 3.05) is 13.7 Å². The van der Waals surface area contributed by atoms with Gasteiger partial charge in [0.15, 0.2) is 10.9 Å². The molecule has 5 heteroatoms. The molecule has 0 amide bonds. The highest BCUT2D eigenvalue weighted by atomic mass is 35.5. The van der Waals surface area contributed by atoms with Crippen molar-refractivity contribution in [3.05, 3.63) is 35.1 Å². The molecule has 0 aromatic carbocycles. The van der Waals surface area contributed by atoms with E-state index in [4.69, 9.17) is 16.3 Å². The second-order valence-corrected chi connectivity index (χ2v) is 4.83. The van der Waals surface area contributed by atoms with Gasteiger partial charge < -0.3 is 9.47 Å². The molecule has 0 saturated heterocycles. The van der Waals surface area contributed by atoms with E-state index in [1.165, 1.54) is 20.0 Å². The second-order valence-electron chi connectivity index (χ2n) is 4.47. The SMILES string of the molecule is C=C(COc1cc(CCCCC)cnc1Cl)C(=O)OC. The Balaban J connectivity index is 2.62. The topological polar surface area (TPSA) is 48.4 Å². The van der Waals surface area contributed by atoms with Gasteiger partial charge in [0.1, 0.15) is 6.61 Å². The number of pyridine rings is 1. The number of hydrogen-bond acceptors (Lipinski definition) is 4. The average molecular weight is 298 g/mol. The lowest BCUT2D eigenvalue weighted by molar-refractivity contribution is -0.136. The van der Waals surface area contributed by atoms with Gasteiger partial charge in [-0.1, -0.05) is 37.9 Å². The van der Waals surface area contributed by atoms with Crippen LogP contribution in [0.4, 0.5) is 0 Å². The molecule has 0 radical (unpaired) electrons. The van der Waals surface area contributed by atoms with Crippen molar-refractivity contribution >= 4 is 17.6 Å². The van der Waals surface area contributed by atoms with Gasteiger partial charge >= 0.3 is 5.97 Å². The molecular formula is C15H20ClNO3. The molecule has 0 unspecified atom stereocenters.